The first-order valence-corrected chi connectivity index (χ1v) is 21.3. The number of rotatable bonds is 3. The van der Waals surface area contributed by atoms with Gasteiger partial charge >= 0.3 is 5.97 Å². The van der Waals surface area contributed by atoms with Crippen molar-refractivity contribution in [3.8, 4) is 0 Å². The number of hydrogen-bond donors (Lipinski definition) is 6. The van der Waals surface area contributed by atoms with Gasteiger partial charge in [-0.1, -0.05) is 92.7 Å². The van der Waals surface area contributed by atoms with Crippen LogP contribution in [0.25, 0.3) is 0 Å². The Morgan fingerprint density at radius 1 is 0.860 bits per heavy atom. The molecule has 3 rings (SSSR count). The highest BCUT2D eigenvalue weighted by molar-refractivity contribution is 5.91. The van der Waals surface area contributed by atoms with Crippen LogP contribution in [0.3, 0.4) is 0 Å². The normalized spacial score (nSPS) is 47.5. The Hall–Kier alpha value is -2.29. The SMILES string of the molecule is CC[C@@H]1/C=C/C=C\C[C@H](C)[C@@H](O)[C@](C)(O)C(=O)[C@H](C)[C@@H](O)[C@H](C)C(=O)[C@H](C)[C@@H](O)[C@H](C)/C=C/C(=O)O[C@H]2[C@@H](C)[C@@H](CC1O)O[C@@]1(CC[C@@H](C)[C@@H](C[C@H](C)O)O1)[C@@H]2C. The number of carbonyl (C=O) groups is 3. The number of aliphatic hydroxyl groups is 6. The van der Waals surface area contributed by atoms with Gasteiger partial charge in [-0.2, -0.15) is 0 Å². The maximum Gasteiger partial charge on any atom is 0.330 e. The molecule has 0 amide bonds. The van der Waals surface area contributed by atoms with Crippen LogP contribution in [-0.2, 0) is 28.6 Å². The van der Waals surface area contributed by atoms with Crippen LogP contribution in [0.1, 0.15) is 115 Å². The van der Waals surface area contributed by atoms with Crippen LogP contribution in [0.4, 0.5) is 0 Å². The zero-order valence-corrected chi connectivity index (χ0v) is 36.2. The third-order valence-corrected chi connectivity index (χ3v) is 13.5. The molecule has 0 aliphatic carbocycles. The van der Waals surface area contributed by atoms with Crippen molar-refractivity contribution in [3.63, 3.8) is 0 Å². The van der Waals surface area contributed by atoms with Crippen molar-refractivity contribution >= 4 is 17.5 Å². The summed E-state index contributed by atoms with van der Waals surface area (Å²) in [6.45, 7) is 18.6. The molecule has 1 spiro atoms. The summed E-state index contributed by atoms with van der Waals surface area (Å²) in [5.41, 5.74) is -2.22. The third kappa shape index (κ3) is 11.7. The molecule has 2 saturated heterocycles. The van der Waals surface area contributed by atoms with E-state index < -0.39 is 107 Å². The molecule has 2 bridgehead atoms. The van der Waals surface area contributed by atoms with Crippen LogP contribution in [0.5, 0.6) is 0 Å². The number of Topliss-reactive ketones (excluding diaryl/α,β-unsaturated/α-hetero) is 2. The Bertz CT molecular complexity index is 1420. The average Bonchev–Trinajstić information content (AvgIpc) is 3.17. The Morgan fingerprint density at radius 3 is 2.11 bits per heavy atom. The molecule has 1 unspecified atom stereocenters. The van der Waals surface area contributed by atoms with Gasteiger partial charge in [0.1, 0.15) is 17.5 Å². The zero-order chi connectivity index (χ0) is 43.2. The Kier molecular flexibility index (Phi) is 17.9. The number of allylic oxidation sites excluding steroid dienone is 3. The fraction of sp³-hybridized carbons (Fsp3) is 0.800. The van der Waals surface area contributed by atoms with E-state index in [4.69, 9.17) is 14.2 Å². The minimum Gasteiger partial charge on any atom is -0.458 e. The van der Waals surface area contributed by atoms with Crippen LogP contribution >= 0.6 is 0 Å². The van der Waals surface area contributed by atoms with Crippen LogP contribution < -0.4 is 0 Å². The van der Waals surface area contributed by atoms with E-state index in [1.165, 1.54) is 39.8 Å². The van der Waals surface area contributed by atoms with Crippen molar-refractivity contribution in [2.75, 3.05) is 0 Å². The van der Waals surface area contributed by atoms with Crippen molar-refractivity contribution in [2.45, 2.75) is 175 Å². The molecular weight excluding hydrogens is 732 g/mol. The van der Waals surface area contributed by atoms with Crippen LogP contribution in [0, 0.1) is 53.3 Å². The molecule has 0 aromatic rings. The monoisotopic (exact) mass is 807 g/mol. The molecule has 3 aliphatic rings. The molecule has 0 aromatic carbocycles. The Balaban J connectivity index is 2.02. The molecule has 2 fully saturated rings. The predicted octanol–water partition coefficient (Wildman–Crippen LogP) is 4.85. The van der Waals surface area contributed by atoms with E-state index in [0.29, 0.717) is 25.7 Å². The first kappa shape index (κ1) is 49.1. The maximum absolute atomic E-state index is 13.5. The van der Waals surface area contributed by atoms with E-state index in [-0.39, 0.29) is 30.3 Å². The molecule has 3 heterocycles. The number of ether oxygens (including phenoxy) is 3. The van der Waals surface area contributed by atoms with Crippen LogP contribution in [-0.4, -0.2) is 108 Å². The van der Waals surface area contributed by atoms with Gasteiger partial charge in [0.25, 0.3) is 0 Å². The van der Waals surface area contributed by atoms with Gasteiger partial charge in [-0.25, -0.2) is 4.79 Å². The zero-order valence-electron chi connectivity index (χ0n) is 36.2. The average molecular weight is 807 g/mol. The van der Waals surface area contributed by atoms with E-state index in [9.17, 15) is 45.0 Å². The Morgan fingerprint density at radius 2 is 1.49 bits per heavy atom. The number of carbonyl (C=O) groups excluding carboxylic acids is 3. The second-order valence-electron chi connectivity index (χ2n) is 18.1. The van der Waals surface area contributed by atoms with Gasteiger partial charge in [0, 0.05) is 60.3 Å². The summed E-state index contributed by atoms with van der Waals surface area (Å²) in [5.74, 6) is -8.49. The topological polar surface area (TPSA) is 200 Å². The lowest BCUT2D eigenvalue weighted by atomic mass is 9.74. The summed E-state index contributed by atoms with van der Waals surface area (Å²) in [4.78, 5) is 40.6. The fourth-order valence-electron chi connectivity index (χ4n) is 9.07. The van der Waals surface area contributed by atoms with Gasteiger partial charge in [0.15, 0.2) is 11.6 Å². The summed E-state index contributed by atoms with van der Waals surface area (Å²) in [6.07, 6.45) is 5.74. The van der Waals surface area contributed by atoms with Crippen molar-refractivity contribution in [1.82, 2.24) is 0 Å². The van der Waals surface area contributed by atoms with Crippen molar-refractivity contribution in [2.24, 2.45) is 53.3 Å². The fourth-order valence-corrected chi connectivity index (χ4v) is 9.07. The molecule has 326 valence electrons. The Labute approximate surface area is 340 Å². The smallest absolute Gasteiger partial charge is 0.330 e. The highest BCUT2D eigenvalue weighted by Gasteiger charge is 2.56. The lowest BCUT2D eigenvalue weighted by molar-refractivity contribution is -0.372. The number of ketones is 2. The van der Waals surface area contributed by atoms with E-state index in [0.717, 1.165) is 6.42 Å². The van der Waals surface area contributed by atoms with E-state index in [1.807, 2.05) is 32.9 Å². The first-order valence-electron chi connectivity index (χ1n) is 21.3. The van der Waals surface area contributed by atoms with Gasteiger partial charge in [-0.3, -0.25) is 9.59 Å². The summed E-state index contributed by atoms with van der Waals surface area (Å²) in [7, 11) is 0. The summed E-state index contributed by atoms with van der Waals surface area (Å²) < 4.78 is 19.8. The molecular formula is C45H74O12. The van der Waals surface area contributed by atoms with Gasteiger partial charge < -0.3 is 44.8 Å². The summed E-state index contributed by atoms with van der Waals surface area (Å²) in [6, 6.07) is 0. The minimum atomic E-state index is -2.22. The molecule has 0 aromatic heterocycles. The second kappa shape index (κ2) is 20.8. The number of fused-ring (bicyclic) bond motifs is 2. The number of aliphatic hydroxyl groups excluding tert-OH is 5. The van der Waals surface area contributed by atoms with E-state index in [2.05, 4.69) is 6.92 Å². The first-order chi connectivity index (χ1) is 26.5. The van der Waals surface area contributed by atoms with Gasteiger partial charge in [0.2, 0.25) is 0 Å². The minimum absolute atomic E-state index is 0.164. The van der Waals surface area contributed by atoms with E-state index in [1.54, 1.807) is 32.9 Å². The predicted molar refractivity (Wildman–Crippen MR) is 216 cm³/mol. The molecule has 0 radical (unpaired) electrons. The molecule has 0 saturated carbocycles. The highest BCUT2D eigenvalue weighted by Crippen LogP contribution is 2.49. The standard InChI is InChI=1S/C45H74O12/c1-12-33-17-15-13-14-16-26(4)42(52)44(11,54)43(53)31(9)40(51)30(8)39(50)29(7)38(49)25(3)18-19-37(48)55-41-28(6)36(23-34(33)47)57-45(32(41)10)21-20-24(2)35(56-45)22-27(5)46/h13-15,17-19,24-36,38,40-42,46-47,49,51-52,54H,12,16,20-23H2,1-11H3/b14-13-,17-15+,19-18+/t24-,25-,26+,27+,28+,29-,30-,31-,32-,33-,34?,35-,36-,38+,40+,41+,42-,44+,45+/m1/s1. The van der Waals surface area contributed by atoms with Gasteiger partial charge in [-0.05, 0) is 51.4 Å². The molecule has 12 nitrogen and oxygen atoms in total. The quantitative estimate of drug-likeness (QED) is 0.212. The molecule has 6 N–H and O–H groups in total. The second-order valence-corrected chi connectivity index (χ2v) is 18.1. The van der Waals surface area contributed by atoms with Crippen molar-refractivity contribution in [3.05, 3.63) is 36.5 Å². The van der Waals surface area contributed by atoms with Crippen LogP contribution in [0.15, 0.2) is 36.5 Å². The van der Waals surface area contributed by atoms with Crippen molar-refractivity contribution in [1.29, 1.82) is 0 Å². The number of hydrogen-bond acceptors (Lipinski definition) is 12. The third-order valence-electron chi connectivity index (χ3n) is 13.5. The van der Waals surface area contributed by atoms with Gasteiger partial charge in [0.05, 0.1) is 42.7 Å². The lowest BCUT2D eigenvalue weighted by Crippen LogP contribution is -2.62. The number of esters is 1. The molecule has 3 aliphatic heterocycles. The van der Waals surface area contributed by atoms with E-state index >= 15 is 0 Å². The maximum atomic E-state index is 13.5. The lowest BCUT2D eigenvalue weighted by Gasteiger charge is -2.55. The largest absolute Gasteiger partial charge is 0.458 e. The molecule has 12 heteroatoms. The molecule has 57 heavy (non-hydrogen) atoms. The van der Waals surface area contributed by atoms with Crippen LogP contribution in [0.2, 0.25) is 0 Å². The van der Waals surface area contributed by atoms with Gasteiger partial charge in [-0.15, -0.1) is 0 Å². The summed E-state index contributed by atoms with van der Waals surface area (Å²) >= 11 is 0. The summed E-state index contributed by atoms with van der Waals surface area (Å²) in [5, 5.41) is 66.7. The van der Waals surface area contributed by atoms with Crippen molar-refractivity contribution < 1.29 is 59.2 Å². The molecule has 19 atom stereocenters. The highest BCUT2D eigenvalue weighted by atomic mass is 16.7.